The Morgan fingerprint density at radius 2 is 1.91 bits per heavy atom. The van der Waals surface area contributed by atoms with Crippen molar-refractivity contribution < 1.29 is 38.0 Å². The van der Waals surface area contributed by atoms with Crippen molar-refractivity contribution >= 4 is 13.6 Å². The lowest BCUT2D eigenvalue weighted by Gasteiger charge is -2.32. The Labute approximate surface area is 138 Å². The van der Waals surface area contributed by atoms with Gasteiger partial charge in [-0.05, 0) is 6.42 Å². The molecule has 0 heterocycles. The maximum absolute atomic E-state index is 12.2. The summed E-state index contributed by atoms with van der Waals surface area (Å²) in [5, 5.41) is 17.8. The smallest absolute Gasteiger partial charge is 0.268 e. The number of phosphoric ester groups is 1. The Balaban J connectivity index is 4.78. The summed E-state index contributed by atoms with van der Waals surface area (Å²) in [7, 11) is 0.717. The summed E-state index contributed by atoms with van der Waals surface area (Å²) in [5.41, 5.74) is 0. The summed E-state index contributed by atoms with van der Waals surface area (Å²) in [6.07, 6.45) is 0.324. The number of aliphatic hydroxyl groups excluding tert-OH is 2. The number of unbranched alkanes of at least 4 members (excludes halogenated alkanes) is 2. The molecule has 0 aliphatic carbocycles. The molecule has 0 spiro atoms. The first-order chi connectivity index (χ1) is 10.5. The van der Waals surface area contributed by atoms with E-state index in [-0.39, 0.29) is 18.7 Å². The largest absolute Gasteiger partial charge is 0.756 e. The van der Waals surface area contributed by atoms with Crippen LogP contribution in [0.5, 0.6) is 0 Å². The van der Waals surface area contributed by atoms with E-state index in [9.17, 15) is 14.3 Å². The number of carbonyl (C=O) groups is 1. The highest BCUT2D eigenvalue weighted by molar-refractivity contribution is 7.45. The lowest BCUT2D eigenvalue weighted by atomic mass is 10.1. The van der Waals surface area contributed by atoms with Gasteiger partial charge in [0.05, 0.1) is 34.4 Å². The van der Waals surface area contributed by atoms with Gasteiger partial charge < -0.3 is 28.6 Å². The second-order valence-electron chi connectivity index (χ2n) is 6.57. The van der Waals surface area contributed by atoms with E-state index < -0.39 is 33.2 Å². The van der Waals surface area contributed by atoms with Gasteiger partial charge in [0.25, 0.3) is 7.82 Å². The third-order valence-electron chi connectivity index (χ3n) is 2.99. The monoisotopic (exact) mass is 355 g/mol. The zero-order valence-corrected chi connectivity index (χ0v) is 15.3. The topological polar surface area (TPSA) is 116 Å². The van der Waals surface area contributed by atoms with Crippen molar-refractivity contribution in [2.24, 2.45) is 0 Å². The predicted octanol–water partition coefficient (Wildman–Crippen LogP) is 0.0654. The van der Waals surface area contributed by atoms with Crippen LogP contribution in [0.4, 0.5) is 0 Å². The number of carbonyl (C=O) groups excluding carboxylic acids is 1. The minimum atomic E-state index is -4.75. The first kappa shape index (κ1) is 22.7. The minimum absolute atomic E-state index is 0.184. The van der Waals surface area contributed by atoms with Crippen LogP contribution in [0, 0.1) is 0 Å². The number of rotatable bonds is 13. The molecule has 0 saturated heterocycles. The second-order valence-corrected chi connectivity index (χ2v) is 7.93. The van der Waals surface area contributed by atoms with Crippen LogP contribution in [0.3, 0.4) is 0 Å². The molecule has 0 aromatic rings. The fourth-order valence-corrected chi connectivity index (χ4v) is 2.73. The van der Waals surface area contributed by atoms with Gasteiger partial charge in [0.2, 0.25) is 0 Å². The maximum atomic E-state index is 12.2. The van der Waals surface area contributed by atoms with Gasteiger partial charge in [-0.1, -0.05) is 19.8 Å². The SMILES string of the molecule is CCCCCC(=O)C(C[N+](C)(C)C)OP(=O)([O-])OC[C@H](O)CO. The zero-order valence-electron chi connectivity index (χ0n) is 14.4. The fraction of sp³-hybridized carbons (Fsp3) is 0.929. The van der Waals surface area contributed by atoms with Gasteiger partial charge in [0.1, 0.15) is 12.6 Å². The van der Waals surface area contributed by atoms with Gasteiger partial charge in [-0.25, -0.2) is 0 Å². The zero-order chi connectivity index (χ0) is 18.1. The molecule has 138 valence electrons. The van der Waals surface area contributed by atoms with E-state index in [0.29, 0.717) is 10.9 Å². The number of aliphatic hydroxyl groups is 2. The fourth-order valence-electron chi connectivity index (χ4n) is 1.82. The molecule has 0 radical (unpaired) electrons. The lowest BCUT2D eigenvalue weighted by molar-refractivity contribution is -0.872. The van der Waals surface area contributed by atoms with Gasteiger partial charge >= 0.3 is 0 Å². The number of hydrogen-bond donors (Lipinski definition) is 2. The molecular formula is C14H30NO7P. The minimum Gasteiger partial charge on any atom is -0.756 e. The summed E-state index contributed by atoms with van der Waals surface area (Å²) in [5.74, 6) is -0.283. The van der Waals surface area contributed by atoms with Crippen molar-refractivity contribution in [3.63, 3.8) is 0 Å². The van der Waals surface area contributed by atoms with Crippen LogP contribution in [0.15, 0.2) is 0 Å². The van der Waals surface area contributed by atoms with Crippen LogP contribution in [0.1, 0.15) is 32.6 Å². The molecule has 8 nitrogen and oxygen atoms in total. The average Bonchev–Trinajstić information content (AvgIpc) is 2.42. The molecule has 23 heavy (non-hydrogen) atoms. The Bertz CT molecular complexity index is 397. The highest BCUT2D eigenvalue weighted by atomic mass is 31.2. The standard InChI is InChI=1S/C14H30NO7P/c1-5-6-7-8-13(18)14(9-15(2,3)4)22-23(19,20)21-11-12(17)10-16/h12,14,16-17H,5-11H2,1-4H3/t12-,14?/m1/s1. The number of likely N-dealkylation sites (N-methyl/N-ethyl adjacent to an activating group) is 1. The molecule has 0 aromatic heterocycles. The molecule has 0 bridgehead atoms. The molecule has 0 rings (SSSR count). The highest BCUT2D eigenvalue weighted by Crippen LogP contribution is 2.40. The second kappa shape index (κ2) is 10.5. The lowest BCUT2D eigenvalue weighted by Crippen LogP contribution is -2.45. The van der Waals surface area contributed by atoms with Gasteiger partial charge in [0.15, 0.2) is 11.9 Å². The average molecular weight is 355 g/mol. The van der Waals surface area contributed by atoms with Crippen molar-refractivity contribution in [3.05, 3.63) is 0 Å². The van der Waals surface area contributed by atoms with Crippen molar-refractivity contribution in [1.29, 1.82) is 0 Å². The Morgan fingerprint density at radius 1 is 1.30 bits per heavy atom. The molecule has 0 fully saturated rings. The van der Waals surface area contributed by atoms with Crippen LogP contribution >= 0.6 is 7.82 Å². The third kappa shape index (κ3) is 11.8. The summed E-state index contributed by atoms with van der Waals surface area (Å²) in [6, 6.07) is 0. The van der Waals surface area contributed by atoms with Crippen LogP contribution in [-0.2, 0) is 18.4 Å². The molecule has 9 heteroatoms. The van der Waals surface area contributed by atoms with Crippen LogP contribution < -0.4 is 4.89 Å². The van der Waals surface area contributed by atoms with Gasteiger partial charge in [-0.2, -0.15) is 0 Å². The highest BCUT2D eigenvalue weighted by Gasteiger charge is 2.30. The molecule has 0 aliphatic rings. The van der Waals surface area contributed by atoms with E-state index in [1.807, 2.05) is 28.1 Å². The third-order valence-corrected chi connectivity index (χ3v) is 3.97. The molecule has 2 unspecified atom stereocenters. The summed E-state index contributed by atoms with van der Waals surface area (Å²) >= 11 is 0. The van der Waals surface area contributed by atoms with E-state index in [1.165, 1.54) is 0 Å². The molecule has 0 aromatic carbocycles. The van der Waals surface area contributed by atoms with E-state index >= 15 is 0 Å². The number of hydrogen-bond acceptors (Lipinski definition) is 7. The molecule has 0 saturated carbocycles. The maximum Gasteiger partial charge on any atom is 0.268 e. The van der Waals surface area contributed by atoms with E-state index in [0.717, 1.165) is 12.8 Å². The number of phosphoric acid groups is 1. The molecule has 2 N–H and O–H groups in total. The molecule has 0 amide bonds. The molecular weight excluding hydrogens is 325 g/mol. The van der Waals surface area contributed by atoms with E-state index in [2.05, 4.69) is 4.52 Å². The van der Waals surface area contributed by atoms with Gasteiger partial charge in [-0.3, -0.25) is 9.36 Å². The normalized spacial score (nSPS) is 17.5. The summed E-state index contributed by atoms with van der Waals surface area (Å²) in [4.78, 5) is 24.0. The Morgan fingerprint density at radius 3 is 2.39 bits per heavy atom. The predicted molar refractivity (Wildman–Crippen MR) is 83.6 cm³/mol. The van der Waals surface area contributed by atoms with Crippen molar-refractivity contribution in [1.82, 2.24) is 0 Å². The quantitative estimate of drug-likeness (QED) is 0.273. The number of quaternary nitrogens is 1. The first-order valence-corrected chi connectivity index (χ1v) is 9.23. The number of nitrogens with zero attached hydrogens (tertiary/aromatic N) is 1. The van der Waals surface area contributed by atoms with Crippen LogP contribution in [-0.4, -0.2) is 73.6 Å². The van der Waals surface area contributed by atoms with Crippen molar-refractivity contribution in [2.75, 3.05) is 40.9 Å². The summed E-state index contributed by atoms with van der Waals surface area (Å²) < 4.78 is 21.6. The summed E-state index contributed by atoms with van der Waals surface area (Å²) in [6.45, 7) is 0.955. The van der Waals surface area contributed by atoms with Crippen molar-refractivity contribution in [3.8, 4) is 0 Å². The molecule has 3 atom stereocenters. The van der Waals surface area contributed by atoms with Gasteiger partial charge in [-0.15, -0.1) is 0 Å². The molecule has 0 aliphatic heterocycles. The Kier molecular flexibility index (Phi) is 10.4. The number of ketones is 1. The van der Waals surface area contributed by atoms with Crippen LogP contribution in [0.25, 0.3) is 0 Å². The van der Waals surface area contributed by atoms with E-state index in [1.54, 1.807) is 0 Å². The van der Waals surface area contributed by atoms with Crippen LogP contribution in [0.2, 0.25) is 0 Å². The van der Waals surface area contributed by atoms with Gasteiger partial charge in [0, 0.05) is 6.42 Å². The first-order valence-electron chi connectivity index (χ1n) is 7.77. The van der Waals surface area contributed by atoms with Crippen molar-refractivity contribution in [2.45, 2.75) is 44.8 Å². The van der Waals surface area contributed by atoms with E-state index in [4.69, 9.17) is 14.7 Å². The Hall–Kier alpha value is -0.340. The number of Topliss-reactive ketones (excluding diaryl/α,β-unsaturated/α-hetero) is 1.